The number of halogens is 1. The number of hydrogen-bond donors (Lipinski definition) is 1. The Balaban J connectivity index is 2.35. The van der Waals surface area contributed by atoms with E-state index in [1.807, 2.05) is 6.92 Å². The predicted molar refractivity (Wildman–Crippen MR) is 59.3 cm³/mol. The summed E-state index contributed by atoms with van der Waals surface area (Å²) in [7, 11) is 0. The molecule has 0 spiro atoms. The van der Waals surface area contributed by atoms with Gasteiger partial charge < -0.3 is 10.0 Å². The lowest BCUT2D eigenvalue weighted by atomic mass is 9.98. The zero-order chi connectivity index (χ0) is 11.7. The molecule has 0 amide bonds. The zero-order valence-corrected chi connectivity index (χ0v) is 9.11. The Kier molecular flexibility index (Phi) is 2.81. The number of nitrogens with zero attached hydrogens (tertiary/aromatic N) is 1. The highest BCUT2D eigenvalue weighted by atomic mass is 19.1. The summed E-state index contributed by atoms with van der Waals surface area (Å²) in [5.74, 6) is -1.23. The van der Waals surface area contributed by atoms with Gasteiger partial charge in [0.15, 0.2) is 0 Å². The van der Waals surface area contributed by atoms with Crippen LogP contribution in [0.15, 0.2) is 18.2 Å². The Bertz CT molecular complexity index is 419. The summed E-state index contributed by atoms with van der Waals surface area (Å²) in [5, 5.41) is 8.82. The Morgan fingerprint density at radius 2 is 2.38 bits per heavy atom. The standard InChI is InChI=1S/C12H14FNO2/c1-2-14-7-8(5-12(15)16)10-6-9(13)3-4-11(10)14/h3-4,6,8H,2,5,7H2,1H3,(H,15,16). The number of carboxylic acid groups (broad SMARTS) is 1. The van der Waals surface area contributed by atoms with Crippen molar-refractivity contribution in [1.82, 2.24) is 0 Å². The normalized spacial score (nSPS) is 18.6. The fraction of sp³-hybridized carbons (Fsp3) is 0.417. The summed E-state index contributed by atoms with van der Waals surface area (Å²) in [6.45, 7) is 3.49. The Morgan fingerprint density at radius 3 is 3.00 bits per heavy atom. The fourth-order valence-corrected chi connectivity index (χ4v) is 2.29. The van der Waals surface area contributed by atoms with Gasteiger partial charge in [0.05, 0.1) is 6.42 Å². The lowest BCUT2D eigenvalue weighted by molar-refractivity contribution is -0.137. The van der Waals surface area contributed by atoms with Gasteiger partial charge in [-0.15, -0.1) is 0 Å². The van der Waals surface area contributed by atoms with Crippen LogP contribution in [-0.4, -0.2) is 24.2 Å². The molecule has 0 fully saturated rings. The molecular weight excluding hydrogens is 209 g/mol. The van der Waals surface area contributed by atoms with Crippen LogP contribution >= 0.6 is 0 Å². The van der Waals surface area contributed by atoms with Gasteiger partial charge in [0.2, 0.25) is 0 Å². The maximum atomic E-state index is 13.1. The molecule has 2 rings (SSSR count). The number of hydrogen-bond acceptors (Lipinski definition) is 2. The number of carboxylic acids is 1. The number of rotatable bonds is 3. The molecule has 0 saturated carbocycles. The van der Waals surface area contributed by atoms with Crippen molar-refractivity contribution in [2.24, 2.45) is 0 Å². The average Bonchev–Trinajstić information content (AvgIpc) is 2.55. The number of likely N-dealkylation sites (N-methyl/N-ethyl adjacent to an activating group) is 1. The van der Waals surface area contributed by atoms with E-state index in [2.05, 4.69) is 4.90 Å². The van der Waals surface area contributed by atoms with Crippen molar-refractivity contribution in [3.63, 3.8) is 0 Å². The summed E-state index contributed by atoms with van der Waals surface area (Å²) < 4.78 is 13.1. The van der Waals surface area contributed by atoms with Crippen LogP contribution < -0.4 is 4.90 Å². The van der Waals surface area contributed by atoms with Crippen LogP contribution in [0.4, 0.5) is 10.1 Å². The van der Waals surface area contributed by atoms with Crippen molar-refractivity contribution >= 4 is 11.7 Å². The minimum Gasteiger partial charge on any atom is -0.481 e. The van der Waals surface area contributed by atoms with Gasteiger partial charge in [0.1, 0.15) is 5.82 Å². The van der Waals surface area contributed by atoms with E-state index < -0.39 is 5.97 Å². The molecule has 0 aromatic heterocycles. The number of benzene rings is 1. The molecular formula is C12H14FNO2. The molecule has 0 radical (unpaired) electrons. The Hall–Kier alpha value is -1.58. The van der Waals surface area contributed by atoms with Gasteiger partial charge in [-0.25, -0.2) is 4.39 Å². The van der Waals surface area contributed by atoms with E-state index in [0.717, 1.165) is 17.8 Å². The van der Waals surface area contributed by atoms with Crippen molar-refractivity contribution in [3.8, 4) is 0 Å². The number of aliphatic carboxylic acids is 1. The molecule has 1 aromatic carbocycles. The highest BCUT2D eigenvalue weighted by Crippen LogP contribution is 2.38. The van der Waals surface area contributed by atoms with Crippen LogP contribution in [0.1, 0.15) is 24.8 Å². The van der Waals surface area contributed by atoms with Crippen molar-refractivity contribution in [2.45, 2.75) is 19.3 Å². The van der Waals surface area contributed by atoms with Crippen LogP contribution in [0.3, 0.4) is 0 Å². The first-order valence-corrected chi connectivity index (χ1v) is 5.38. The molecule has 1 heterocycles. The highest BCUT2D eigenvalue weighted by molar-refractivity contribution is 5.71. The van der Waals surface area contributed by atoms with Crippen LogP contribution in [-0.2, 0) is 4.79 Å². The maximum absolute atomic E-state index is 13.1. The zero-order valence-electron chi connectivity index (χ0n) is 9.11. The van der Waals surface area contributed by atoms with Crippen LogP contribution in [0.25, 0.3) is 0 Å². The van der Waals surface area contributed by atoms with Gasteiger partial charge >= 0.3 is 5.97 Å². The summed E-state index contributed by atoms with van der Waals surface area (Å²) >= 11 is 0. The molecule has 1 unspecified atom stereocenters. The predicted octanol–water partition coefficient (Wildman–Crippen LogP) is 2.22. The topological polar surface area (TPSA) is 40.5 Å². The van der Waals surface area contributed by atoms with Gasteiger partial charge in [-0.05, 0) is 30.7 Å². The minimum absolute atomic E-state index is 0.0625. The summed E-state index contributed by atoms with van der Waals surface area (Å²) in [5.41, 5.74) is 1.79. The second-order valence-corrected chi connectivity index (χ2v) is 4.04. The number of carbonyl (C=O) groups is 1. The second-order valence-electron chi connectivity index (χ2n) is 4.04. The molecule has 1 aromatic rings. The lowest BCUT2D eigenvalue weighted by Gasteiger charge is -2.16. The molecule has 0 saturated heterocycles. The molecule has 1 atom stereocenters. The third-order valence-electron chi connectivity index (χ3n) is 3.01. The molecule has 4 heteroatoms. The van der Waals surface area contributed by atoms with E-state index in [0.29, 0.717) is 6.54 Å². The average molecular weight is 223 g/mol. The summed E-state index contributed by atoms with van der Waals surface area (Å²) in [4.78, 5) is 12.8. The lowest BCUT2D eigenvalue weighted by Crippen LogP contribution is -2.21. The van der Waals surface area contributed by atoms with E-state index in [4.69, 9.17) is 5.11 Å². The highest BCUT2D eigenvalue weighted by Gasteiger charge is 2.29. The first kappa shape index (κ1) is 10.9. The number of anilines is 1. The number of fused-ring (bicyclic) bond motifs is 1. The van der Waals surface area contributed by atoms with E-state index in [9.17, 15) is 9.18 Å². The SMILES string of the molecule is CCN1CC(CC(=O)O)c2cc(F)ccc21. The summed E-state index contributed by atoms with van der Waals surface area (Å²) in [6, 6.07) is 4.61. The fourth-order valence-electron chi connectivity index (χ4n) is 2.29. The van der Waals surface area contributed by atoms with Crippen LogP contribution in [0.5, 0.6) is 0 Å². The van der Waals surface area contributed by atoms with Gasteiger partial charge in [-0.3, -0.25) is 4.79 Å². The van der Waals surface area contributed by atoms with Gasteiger partial charge in [0, 0.05) is 24.7 Å². The molecule has 16 heavy (non-hydrogen) atoms. The minimum atomic E-state index is -0.835. The van der Waals surface area contributed by atoms with Crippen molar-refractivity contribution < 1.29 is 14.3 Å². The van der Waals surface area contributed by atoms with E-state index in [-0.39, 0.29) is 18.2 Å². The molecule has 0 bridgehead atoms. The largest absolute Gasteiger partial charge is 0.481 e. The Morgan fingerprint density at radius 1 is 1.62 bits per heavy atom. The van der Waals surface area contributed by atoms with Crippen molar-refractivity contribution in [1.29, 1.82) is 0 Å². The third-order valence-corrected chi connectivity index (χ3v) is 3.01. The quantitative estimate of drug-likeness (QED) is 0.854. The monoisotopic (exact) mass is 223 g/mol. The smallest absolute Gasteiger partial charge is 0.304 e. The molecule has 1 aliphatic heterocycles. The van der Waals surface area contributed by atoms with Gasteiger partial charge in [-0.2, -0.15) is 0 Å². The molecule has 1 aliphatic rings. The molecule has 3 nitrogen and oxygen atoms in total. The van der Waals surface area contributed by atoms with Crippen molar-refractivity contribution in [3.05, 3.63) is 29.6 Å². The van der Waals surface area contributed by atoms with E-state index >= 15 is 0 Å². The third kappa shape index (κ3) is 1.87. The van der Waals surface area contributed by atoms with Crippen LogP contribution in [0, 0.1) is 5.82 Å². The van der Waals surface area contributed by atoms with E-state index in [1.165, 1.54) is 12.1 Å². The molecule has 86 valence electrons. The van der Waals surface area contributed by atoms with Gasteiger partial charge in [-0.1, -0.05) is 0 Å². The van der Waals surface area contributed by atoms with Gasteiger partial charge in [0.25, 0.3) is 0 Å². The Labute approximate surface area is 93.5 Å². The van der Waals surface area contributed by atoms with Crippen molar-refractivity contribution in [2.75, 3.05) is 18.0 Å². The summed E-state index contributed by atoms with van der Waals surface area (Å²) in [6.07, 6.45) is 0.0625. The van der Waals surface area contributed by atoms with E-state index in [1.54, 1.807) is 6.07 Å². The first-order chi connectivity index (χ1) is 7.61. The second kappa shape index (κ2) is 4.12. The maximum Gasteiger partial charge on any atom is 0.304 e. The molecule has 1 N–H and O–H groups in total. The van der Waals surface area contributed by atoms with Crippen LogP contribution in [0.2, 0.25) is 0 Å². The first-order valence-electron chi connectivity index (χ1n) is 5.38. The molecule has 0 aliphatic carbocycles.